The summed E-state index contributed by atoms with van der Waals surface area (Å²) in [5, 5.41) is 0. The second-order valence-electron chi connectivity index (χ2n) is 7.77. The van der Waals surface area contributed by atoms with E-state index < -0.39 is 0 Å². The molecule has 0 aromatic heterocycles. The fourth-order valence-electron chi connectivity index (χ4n) is 6.91. The van der Waals surface area contributed by atoms with Gasteiger partial charge in [0.1, 0.15) is 0 Å². The summed E-state index contributed by atoms with van der Waals surface area (Å²) in [6, 6.07) is 0. The summed E-state index contributed by atoms with van der Waals surface area (Å²) >= 11 is 0. The Kier molecular flexibility index (Phi) is 1.31. The monoisotopic (exact) mass is 204 g/mol. The van der Waals surface area contributed by atoms with Gasteiger partial charge in [0.05, 0.1) is 0 Å². The van der Waals surface area contributed by atoms with Gasteiger partial charge in [-0.25, -0.2) is 0 Å². The average molecular weight is 204 g/mol. The predicted molar refractivity (Wildman–Crippen MR) is 62.4 cm³/mol. The minimum Gasteiger partial charge on any atom is -0.0625 e. The third-order valence-electron chi connectivity index (χ3n) is 7.31. The molecule has 5 saturated carbocycles. The Morgan fingerprint density at radius 1 is 1.13 bits per heavy atom. The molecule has 0 saturated heterocycles. The van der Waals surface area contributed by atoms with Crippen molar-refractivity contribution in [1.82, 2.24) is 0 Å². The Morgan fingerprint density at radius 2 is 1.87 bits per heavy atom. The van der Waals surface area contributed by atoms with Gasteiger partial charge in [0.25, 0.3) is 0 Å². The van der Waals surface area contributed by atoms with Crippen molar-refractivity contribution < 1.29 is 0 Å². The summed E-state index contributed by atoms with van der Waals surface area (Å²) < 4.78 is 0. The molecule has 6 bridgehead atoms. The van der Waals surface area contributed by atoms with Gasteiger partial charge in [0.15, 0.2) is 0 Å². The lowest BCUT2D eigenvalue weighted by Crippen LogP contribution is -2.36. The van der Waals surface area contributed by atoms with E-state index in [0.717, 1.165) is 46.3 Å². The highest BCUT2D eigenvalue weighted by molar-refractivity contribution is 5.33. The Hall–Kier alpha value is 0. The van der Waals surface area contributed by atoms with Crippen molar-refractivity contribution >= 4 is 0 Å². The first-order chi connectivity index (χ1) is 7.01. The van der Waals surface area contributed by atoms with E-state index in [4.69, 9.17) is 0 Å². The van der Waals surface area contributed by atoms with Crippen LogP contribution in [0, 0.1) is 46.3 Å². The van der Waals surface area contributed by atoms with E-state index in [1.54, 1.807) is 12.8 Å². The minimum atomic E-state index is 0.787. The smallest absolute Gasteiger partial charge is 0.0224 e. The van der Waals surface area contributed by atoms with E-state index in [-0.39, 0.29) is 0 Å². The molecule has 7 atom stereocenters. The lowest BCUT2D eigenvalue weighted by molar-refractivity contribution is 0.0554. The molecule has 5 fully saturated rings. The zero-order valence-electron chi connectivity index (χ0n) is 10.6. The van der Waals surface area contributed by atoms with Crippen LogP contribution >= 0.6 is 0 Å². The van der Waals surface area contributed by atoms with Crippen LogP contribution < -0.4 is 0 Å². The largest absolute Gasteiger partial charge is 0.0625 e. The highest BCUT2D eigenvalue weighted by atomic mass is 14.9. The fraction of sp³-hybridized carbons (Fsp3) is 1.00. The van der Waals surface area contributed by atoms with Crippen LogP contribution in [0.2, 0.25) is 0 Å². The zero-order valence-corrected chi connectivity index (χ0v) is 10.6. The molecule has 84 valence electrons. The molecule has 0 aromatic carbocycles. The first-order valence-corrected chi connectivity index (χ1v) is 7.01. The van der Waals surface area contributed by atoms with Crippen LogP contribution in [0.25, 0.3) is 0 Å². The van der Waals surface area contributed by atoms with Crippen LogP contribution in [-0.4, -0.2) is 0 Å². The van der Waals surface area contributed by atoms with Gasteiger partial charge in [-0.2, -0.15) is 0 Å². The molecule has 0 aromatic rings. The minimum absolute atomic E-state index is 0.787. The lowest BCUT2D eigenvalue weighted by Gasteiger charge is -2.43. The second-order valence-corrected chi connectivity index (χ2v) is 7.77. The average Bonchev–Trinajstić information content (AvgIpc) is 2.44. The molecule has 0 N–H and O–H groups in total. The molecule has 1 unspecified atom stereocenters. The molecule has 5 rings (SSSR count). The van der Waals surface area contributed by atoms with Gasteiger partial charge < -0.3 is 0 Å². The molecular weight excluding hydrogens is 180 g/mol. The topological polar surface area (TPSA) is 0 Å². The van der Waals surface area contributed by atoms with Gasteiger partial charge in [-0.3, -0.25) is 0 Å². The van der Waals surface area contributed by atoms with E-state index in [2.05, 4.69) is 27.7 Å². The molecule has 0 heterocycles. The van der Waals surface area contributed by atoms with Crippen molar-refractivity contribution in [3.8, 4) is 0 Å². The van der Waals surface area contributed by atoms with Crippen molar-refractivity contribution in [3.05, 3.63) is 0 Å². The van der Waals surface area contributed by atoms with Gasteiger partial charge in [-0.05, 0) is 65.6 Å². The molecule has 0 spiro atoms. The van der Waals surface area contributed by atoms with Gasteiger partial charge >= 0.3 is 0 Å². The quantitative estimate of drug-likeness (QED) is 0.606. The zero-order chi connectivity index (χ0) is 10.6. The highest BCUT2D eigenvalue weighted by Gasteiger charge is 2.86. The summed E-state index contributed by atoms with van der Waals surface area (Å²) in [6.45, 7) is 10.2. The molecule has 15 heavy (non-hydrogen) atoms. The number of hydrogen-bond acceptors (Lipinski definition) is 0. The van der Waals surface area contributed by atoms with E-state index in [9.17, 15) is 0 Å². The maximum Gasteiger partial charge on any atom is -0.0224 e. The van der Waals surface area contributed by atoms with Crippen LogP contribution in [0.3, 0.4) is 0 Å². The fourth-order valence-corrected chi connectivity index (χ4v) is 6.91. The van der Waals surface area contributed by atoms with Crippen LogP contribution in [0.1, 0.15) is 47.0 Å². The van der Waals surface area contributed by atoms with Crippen molar-refractivity contribution in [2.24, 2.45) is 46.3 Å². The van der Waals surface area contributed by atoms with Crippen LogP contribution in [0.5, 0.6) is 0 Å². The van der Waals surface area contributed by atoms with Crippen LogP contribution in [0.4, 0.5) is 0 Å². The van der Waals surface area contributed by atoms with E-state index in [0.29, 0.717) is 0 Å². The first-order valence-electron chi connectivity index (χ1n) is 7.01. The van der Waals surface area contributed by atoms with E-state index >= 15 is 0 Å². The summed E-state index contributed by atoms with van der Waals surface area (Å²) in [4.78, 5) is 0. The summed E-state index contributed by atoms with van der Waals surface area (Å²) in [5.41, 5.74) is 1.60. The third kappa shape index (κ3) is 0.691. The molecular formula is C15H24. The molecule has 0 amide bonds. The predicted octanol–water partition coefficient (Wildman–Crippen LogP) is 3.96. The third-order valence-corrected chi connectivity index (χ3v) is 7.31. The maximum absolute atomic E-state index is 2.64. The summed E-state index contributed by atoms with van der Waals surface area (Å²) in [7, 11) is 0. The molecule has 0 heteroatoms. The Morgan fingerprint density at radius 3 is 2.47 bits per heavy atom. The van der Waals surface area contributed by atoms with E-state index in [1.807, 2.05) is 0 Å². The second kappa shape index (κ2) is 2.17. The van der Waals surface area contributed by atoms with Gasteiger partial charge in [0.2, 0.25) is 0 Å². The number of rotatable bonds is 1. The van der Waals surface area contributed by atoms with E-state index in [1.165, 1.54) is 6.42 Å². The summed E-state index contributed by atoms with van der Waals surface area (Å²) in [5.74, 6) is 6.52. The normalized spacial score (nSPS) is 69.0. The van der Waals surface area contributed by atoms with Gasteiger partial charge in [0, 0.05) is 0 Å². The molecule has 0 aliphatic heterocycles. The highest BCUT2D eigenvalue weighted by Crippen LogP contribution is 2.91. The van der Waals surface area contributed by atoms with Crippen molar-refractivity contribution in [2.45, 2.75) is 47.0 Å². The summed E-state index contributed by atoms with van der Waals surface area (Å²) in [6.07, 6.45) is 4.69. The molecule has 0 radical (unpaired) electrons. The Bertz CT molecular complexity index is 331. The van der Waals surface area contributed by atoms with Gasteiger partial charge in [-0.1, -0.05) is 27.7 Å². The number of hydrogen-bond donors (Lipinski definition) is 0. The Labute approximate surface area is 93.8 Å². The van der Waals surface area contributed by atoms with Crippen LogP contribution in [0.15, 0.2) is 0 Å². The molecule has 0 nitrogen and oxygen atoms in total. The lowest BCUT2D eigenvalue weighted by atomic mass is 9.62. The SMILES string of the molecule is CC(C)[C@H]1CC[C@]2(C)C3[C@H]4C[C@@H]2[C@@H]1[C@@]34C. The molecule has 5 aliphatic carbocycles. The first kappa shape index (κ1) is 9.07. The van der Waals surface area contributed by atoms with Crippen molar-refractivity contribution in [3.63, 3.8) is 0 Å². The molecule has 5 aliphatic rings. The van der Waals surface area contributed by atoms with Crippen molar-refractivity contribution in [2.75, 3.05) is 0 Å². The van der Waals surface area contributed by atoms with Crippen LogP contribution in [-0.2, 0) is 0 Å². The van der Waals surface area contributed by atoms with Crippen molar-refractivity contribution in [1.29, 1.82) is 0 Å². The maximum atomic E-state index is 2.64. The van der Waals surface area contributed by atoms with Gasteiger partial charge in [-0.15, -0.1) is 0 Å². The Balaban J connectivity index is 1.81. The standard InChI is InChI=1S/C15H24/c1-8(2)9-5-6-14(3)10-7-11-13(14)15(11,4)12(9)10/h8-13H,5-7H2,1-4H3/t9-,10-,11-,12-,13?,14+,15+/m1/s1.